The monoisotopic (exact) mass is 233 g/mol. The van der Waals surface area contributed by atoms with E-state index in [0.29, 0.717) is 11.3 Å². The Morgan fingerprint density at radius 1 is 1.35 bits per heavy atom. The summed E-state index contributed by atoms with van der Waals surface area (Å²) in [5, 5.41) is 8.90. The van der Waals surface area contributed by atoms with Crippen molar-refractivity contribution < 1.29 is 9.59 Å². The van der Waals surface area contributed by atoms with Crippen LogP contribution in [0, 0.1) is 11.3 Å². The van der Waals surface area contributed by atoms with E-state index in [4.69, 9.17) is 16.7 Å². The molecule has 0 unspecified atom stereocenters. The van der Waals surface area contributed by atoms with Gasteiger partial charge in [0.25, 0.3) is 0 Å². The molecule has 88 valence electrons. The molecule has 0 aromatic carbocycles. The van der Waals surface area contributed by atoms with E-state index < -0.39 is 11.8 Å². The number of anilines is 1. The number of pyridine rings is 1. The van der Waals surface area contributed by atoms with Gasteiger partial charge in [-0.3, -0.25) is 14.6 Å². The van der Waals surface area contributed by atoms with Gasteiger partial charge >= 0.3 is 0 Å². The Balaban J connectivity index is 3.07. The number of nitrogens with two attached hydrogens (primary N) is 2. The molecular weight excluding hydrogens is 222 g/mol. The van der Waals surface area contributed by atoms with E-state index in [2.05, 4.69) is 4.98 Å². The van der Waals surface area contributed by atoms with Gasteiger partial charge in [0.15, 0.2) is 0 Å². The van der Waals surface area contributed by atoms with Gasteiger partial charge in [-0.25, -0.2) is 0 Å². The average Bonchev–Trinajstić information content (AvgIpc) is 2.27. The zero-order valence-electron chi connectivity index (χ0n) is 8.96. The summed E-state index contributed by atoms with van der Waals surface area (Å²) in [6, 6.07) is 3.41. The fourth-order valence-corrected chi connectivity index (χ4v) is 1.34. The molecule has 2 amide bonds. The van der Waals surface area contributed by atoms with Gasteiger partial charge in [-0.2, -0.15) is 5.26 Å². The third-order valence-corrected chi connectivity index (χ3v) is 1.95. The predicted octanol–water partition coefficient (Wildman–Crippen LogP) is -1.27. The van der Waals surface area contributed by atoms with Crippen molar-refractivity contribution in [2.45, 2.75) is 0 Å². The topological polar surface area (TPSA) is 126 Å². The van der Waals surface area contributed by atoms with Gasteiger partial charge in [-0.15, -0.1) is 0 Å². The van der Waals surface area contributed by atoms with Crippen LogP contribution >= 0.6 is 0 Å². The summed E-state index contributed by atoms with van der Waals surface area (Å²) in [4.78, 5) is 26.9. The van der Waals surface area contributed by atoms with Gasteiger partial charge in [0, 0.05) is 6.20 Å². The molecule has 0 spiro atoms. The van der Waals surface area contributed by atoms with Crippen LogP contribution in [0.1, 0.15) is 5.56 Å². The van der Waals surface area contributed by atoms with Crippen LogP contribution in [0.2, 0.25) is 0 Å². The Morgan fingerprint density at radius 3 is 2.41 bits per heavy atom. The van der Waals surface area contributed by atoms with Gasteiger partial charge < -0.3 is 16.4 Å². The molecule has 0 radical (unpaired) electrons. The molecular formula is C10H11N5O2. The highest BCUT2D eigenvalue weighted by Gasteiger charge is 2.15. The second-order valence-electron chi connectivity index (χ2n) is 3.29. The molecule has 1 heterocycles. The van der Waals surface area contributed by atoms with Crippen LogP contribution in [-0.4, -0.2) is 29.9 Å². The Morgan fingerprint density at radius 2 is 1.94 bits per heavy atom. The fraction of sp³-hybridized carbons (Fsp3) is 0.200. The molecule has 7 nitrogen and oxygen atoms in total. The van der Waals surface area contributed by atoms with E-state index in [1.165, 1.54) is 23.4 Å². The molecule has 4 N–H and O–H groups in total. The van der Waals surface area contributed by atoms with Crippen molar-refractivity contribution in [1.82, 2.24) is 4.98 Å². The maximum Gasteiger partial charge on any atom is 0.236 e. The van der Waals surface area contributed by atoms with Crippen molar-refractivity contribution in [3.63, 3.8) is 0 Å². The molecule has 0 fully saturated rings. The van der Waals surface area contributed by atoms with E-state index in [9.17, 15) is 9.59 Å². The van der Waals surface area contributed by atoms with Crippen LogP contribution in [0.4, 0.5) is 5.69 Å². The van der Waals surface area contributed by atoms with Crippen LogP contribution in [0.3, 0.4) is 0 Å². The van der Waals surface area contributed by atoms with E-state index in [0.717, 1.165) is 0 Å². The summed E-state index contributed by atoms with van der Waals surface area (Å²) in [5.41, 5.74) is 10.8. The Kier molecular flexibility index (Phi) is 4.00. The number of primary amides is 2. The first kappa shape index (κ1) is 12.4. The number of carbonyl (C=O) groups excluding carboxylic acids is 2. The summed E-state index contributed by atoms with van der Waals surface area (Å²) < 4.78 is 0. The summed E-state index contributed by atoms with van der Waals surface area (Å²) >= 11 is 0. The minimum Gasteiger partial charge on any atom is -0.368 e. The van der Waals surface area contributed by atoms with Crippen molar-refractivity contribution in [3.05, 3.63) is 24.0 Å². The predicted molar refractivity (Wildman–Crippen MR) is 59.6 cm³/mol. The zero-order chi connectivity index (χ0) is 12.8. The first-order chi connectivity index (χ1) is 8.04. The molecule has 1 rings (SSSR count). The Labute approximate surface area is 97.6 Å². The number of amides is 2. The zero-order valence-corrected chi connectivity index (χ0v) is 8.96. The number of nitriles is 1. The van der Waals surface area contributed by atoms with Crippen LogP contribution in [0.25, 0.3) is 0 Å². The molecule has 17 heavy (non-hydrogen) atoms. The lowest BCUT2D eigenvalue weighted by atomic mass is 10.2. The minimum absolute atomic E-state index is 0.205. The Hall–Kier alpha value is -2.62. The third kappa shape index (κ3) is 3.46. The number of hydrogen-bond donors (Lipinski definition) is 2. The smallest absolute Gasteiger partial charge is 0.236 e. The molecule has 0 aliphatic heterocycles. The number of hydrogen-bond acceptors (Lipinski definition) is 5. The molecule has 0 atom stereocenters. The lowest BCUT2D eigenvalue weighted by molar-refractivity contribution is -0.117. The highest BCUT2D eigenvalue weighted by Crippen LogP contribution is 2.17. The lowest BCUT2D eigenvalue weighted by Crippen LogP contribution is -2.40. The molecule has 1 aromatic rings. The summed E-state index contributed by atoms with van der Waals surface area (Å²) in [6.07, 6.45) is 2.82. The van der Waals surface area contributed by atoms with Gasteiger partial charge in [0.1, 0.15) is 6.07 Å². The normalized spacial score (nSPS) is 9.35. The van der Waals surface area contributed by atoms with Gasteiger partial charge in [0.2, 0.25) is 11.8 Å². The first-order valence-corrected chi connectivity index (χ1v) is 4.70. The fourth-order valence-electron chi connectivity index (χ4n) is 1.34. The number of carbonyl (C=O) groups is 2. The largest absolute Gasteiger partial charge is 0.368 e. The van der Waals surface area contributed by atoms with E-state index in [1.807, 2.05) is 6.07 Å². The van der Waals surface area contributed by atoms with Crippen LogP contribution in [0.5, 0.6) is 0 Å². The number of rotatable bonds is 5. The van der Waals surface area contributed by atoms with Gasteiger partial charge in [-0.1, -0.05) is 0 Å². The maximum atomic E-state index is 10.9. The highest BCUT2D eigenvalue weighted by molar-refractivity contribution is 5.85. The Bertz CT molecular complexity index is 464. The van der Waals surface area contributed by atoms with E-state index in [-0.39, 0.29) is 13.1 Å². The molecule has 0 aliphatic rings. The van der Waals surface area contributed by atoms with Crippen molar-refractivity contribution in [3.8, 4) is 6.07 Å². The van der Waals surface area contributed by atoms with E-state index in [1.54, 1.807) is 0 Å². The first-order valence-electron chi connectivity index (χ1n) is 4.70. The number of aromatic nitrogens is 1. The second-order valence-corrected chi connectivity index (χ2v) is 3.29. The minimum atomic E-state index is -0.626. The van der Waals surface area contributed by atoms with Gasteiger partial charge in [0.05, 0.1) is 30.5 Å². The van der Waals surface area contributed by atoms with Crippen molar-refractivity contribution in [2.75, 3.05) is 18.0 Å². The molecule has 0 bridgehead atoms. The molecule has 0 saturated carbocycles. The maximum absolute atomic E-state index is 10.9. The molecule has 0 saturated heterocycles. The standard InChI is InChI=1S/C10H11N5O2/c11-3-7-1-2-14-4-8(7)15(5-9(12)16)6-10(13)17/h1-2,4H,5-6H2,(H2,12,16)(H2,13,17). The van der Waals surface area contributed by atoms with Gasteiger partial charge in [-0.05, 0) is 6.07 Å². The third-order valence-electron chi connectivity index (χ3n) is 1.95. The summed E-state index contributed by atoms with van der Waals surface area (Å²) in [7, 11) is 0. The van der Waals surface area contributed by atoms with Crippen molar-refractivity contribution in [1.29, 1.82) is 5.26 Å². The van der Waals surface area contributed by atoms with E-state index >= 15 is 0 Å². The molecule has 0 aliphatic carbocycles. The van der Waals surface area contributed by atoms with Crippen LogP contribution in [-0.2, 0) is 9.59 Å². The quantitative estimate of drug-likeness (QED) is 0.655. The van der Waals surface area contributed by atoms with Crippen LogP contribution in [0.15, 0.2) is 18.5 Å². The lowest BCUT2D eigenvalue weighted by Gasteiger charge is -2.21. The van der Waals surface area contributed by atoms with Crippen LogP contribution < -0.4 is 16.4 Å². The highest BCUT2D eigenvalue weighted by atomic mass is 16.2. The molecule has 1 aromatic heterocycles. The van der Waals surface area contributed by atoms with Crippen molar-refractivity contribution in [2.24, 2.45) is 11.5 Å². The summed E-state index contributed by atoms with van der Waals surface area (Å²) in [5.74, 6) is -1.25. The average molecular weight is 233 g/mol. The van der Waals surface area contributed by atoms with Crippen molar-refractivity contribution >= 4 is 17.5 Å². The number of nitrogens with zero attached hydrogens (tertiary/aromatic N) is 3. The molecule has 7 heteroatoms. The SMILES string of the molecule is N#Cc1ccncc1N(CC(N)=O)CC(N)=O. The summed E-state index contributed by atoms with van der Waals surface area (Å²) in [6.45, 7) is -0.410. The second kappa shape index (κ2) is 5.46.